The zero-order valence-electron chi connectivity index (χ0n) is 12.3. The number of amides is 2. The van der Waals surface area contributed by atoms with Gasteiger partial charge >= 0.3 is 6.03 Å². The summed E-state index contributed by atoms with van der Waals surface area (Å²) >= 11 is 0. The van der Waals surface area contributed by atoms with Crippen molar-refractivity contribution in [2.45, 2.75) is 33.0 Å². The van der Waals surface area contributed by atoms with Crippen molar-refractivity contribution in [2.75, 3.05) is 45.9 Å². The number of hydrogen-bond acceptors (Lipinski definition) is 4. The molecule has 1 rings (SSSR count). The molecule has 6 nitrogen and oxygen atoms in total. The lowest BCUT2D eigenvalue weighted by Crippen LogP contribution is -2.53. The fourth-order valence-corrected chi connectivity index (χ4v) is 2.05. The second kappa shape index (κ2) is 8.35. The molecular formula is C13H27N3O3. The Morgan fingerprint density at radius 1 is 1.32 bits per heavy atom. The van der Waals surface area contributed by atoms with Crippen LogP contribution in [0.5, 0.6) is 0 Å². The molecule has 1 fully saturated rings. The van der Waals surface area contributed by atoms with Crippen molar-refractivity contribution in [1.82, 2.24) is 15.1 Å². The minimum absolute atomic E-state index is 0.00541. The summed E-state index contributed by atoms with van der Waals surface area (Å²) in [7, 11) is 0. The number of carbonyl (C=O) groups is 1. The van der Waals surface area contributed by atoms with Gasteiger partial charge in [-0.25, -0.2) is 4.79 Å². The predicted molar refractivity (Wildman–Crippen MR) is 74.2 cm³/mol. The number of urea groups is 1. The molecule has 0 aromatic carbocycles. The summed E-state index contributed by atoms with van der Waals surface area (Å²) in [5.74, 6) is 0. The van der Waals surface area contributed by atoms with Crippen LogP contribution in [-0.4, -0.2) is 79.0 Å². The van der Waals surface area contributed by atoms with E-state index in [-0.39, 0.29) is 12.1 Å². The summed E-state index contributed by atoms with van der Waals surface area (Å²) in [4.78, 5) is 15.6. The van der Waals surface area contributed by atoms with Crippen LogP contribution in [-0.2, 0) is 4.74 Å². The van der Waals surface area contributed by atoms with Crippen LogP contribution in [0, 0.1) is 0 Å². The fourth-order valence-electron chi connectivity index (χ4n) is 2.05. The third kappa shape index (κ3) is 6.22. The summed E-state index contributed by atoms with van der Waals surface area (Å²) in [6.07, 6.45) is -0.317. The quantitative estimate of drug-likeness (QED) is 0.721. The van der Waals surface area contributed by atoms with Gasteiger partial charge in [0.25, 0.3) is 0 Å². The Hall–Kier alpha value is -0.850. The number of aliphatic hydroxyl groups excluding tert-OH is 1. The zero-order chi connectivity index (χ0) is 14.3. The highest BCUT2D eigenvalue weighted by molar-refractivity contribution is 5.74. The maximum absolute atomic E-state index is 11.6. The first-order valence-corrected chi connectivity index (χ1v) is 7.07. The maximum atomic E-state index is 11.6. The van der Waals surface area contributed by atoms with E-state index in [1.165, 1.54) is 0 Å². The molecule has 1 aliphatic rings. The highest BCUT2D eigenvalue weighted by Crippen LogP contribution is 2.04. The van der Waals surface area contributed by atoms with Crippen molar-refractivity contribution < 1.29 is 14.6 Å². The first-order chi connectivity index (χ1) is 9.02. The van der Waals surface area contributed by atoms with Gasteiger partial charge in [-0.3, -0.25) is 4.90 Å². The Bertz CT molecular complexity index is 266. The van der Waals surface area contributed by atoms with Crippen LogP contribution >= 0.6 is 0 Å². The maximum Gasteiger partial charge on any atom is 0.317 e. The molecule has 2 amide bonds. The Balaban J connectivity index is 2.20. The minimum Gasteiger partial charge on any atom is -0.389 e. The van der Waals surface area contributed by atoms with Crippen LogP contribution in [0.25, 0.3) is 0 Å². The molecule has 0 aromatic rings. The number of nitrogens with zero attached hydrogens (tertiary/aromatic N) is 2. The third-order valence-corrected chi connectivity index (χ3v) is 3.08. The molecule has 19 heavy (non-hydrogen) atoms. The molecular weight excluding hydrogens is 246 g/mol. The van der Waals surface area contributed by atoms with Gasteiger partial charge < -0.3 is 20.1 Å². The molecule has 6 heteroatoms. The molecule has 1 atom stereocenters. The average molecular weight is 273 g/mol. The van der Waals surface area contributed by atoms with Crippen LogP contribution in [0.2, 0.25) is 0 Å². The number of carbonyl (C=O) groups excluding carboxylic acids is 1. The van der Waals surface area contributed by atoms with Crippen LogP contribution in [0.4, 0.5) is 4.79 Å². The van der Waals surface area contributed by atoms with Gasteiger partial charge in [-0.05, 0) is 20.8 Å². The topological polar surface area (TPSA) is 65.0 Å². The van der Waals surface area contributed by atoms with E-state index in [1.54, 1.807) is 0 Å². The number of nitrogens with one attached hydrogen (secondary N) is 1. The van der Waals surface area contributed by atoms with E-state index in [0.717, 1.165) is 13.1 Å². The van der Waals surface area contributed by atoms with Gasteiger partial charge in [-0.15, -0.1) is 0 Å². The Morgan fingerprint density at radius 3 is 2.47 bits per heavy atom. The Kier molecular flexibility index (Phi) is 7.12. The molecule has 1 unspecified atom stereocenters. The van der Waals surface area contributed by atoms with E-state index in [0.29, 0.717) is 32.8 Å². The molecule has 112 valence electrons. The Morgan fingerprint density at radius 2 is 1.95 bits per heavy atom. The van der Waals surface area contributed by atoms with E-state index < -0.39 is 6.10 Å². The van der Waals surface area contributed by atoms with Crippen molar-refractivity contribution in [3.63, 3.8) is 0 Å². The van der Waals surface area contributed by atoms with E-state index in [9.17, 15) is 9.90 Å². The summed E-state index contributed by atoms with van der Waals surface area (Å²) in [6, 6.07) is 0.00541. The predicted octanol–water partition coefficient (Wildman–Crippen LogP) is 0.119. The first kappa shape index (κ1) is 16.2. The lowest BCUT2D eigenvalue weighted by Gasteiger charge is -2.35. The van der Waals surface area contributed by atoms with Gasteiger partial charge in [-0.2, -0.15) is 0 Å². The molecule has 0 bridgehead atoms. The third-order valence-electron chi connectivity index (χ3n) is 3.08. The molecule has 0 saturated carbocycles. The van der Waals surface area contributed by atoms with E-state index in [4.69, 9.17) is 4.74 Å². The average Bonchev–Trinajstić information content (AvgIpc) is 2.37. The SMILES string of the molecule is CCNC(=O)N1CCN(CC(O)COC(C)C)CC1. The minimum atomic E-state index is -0.460. The van der Waals surface area contributed by atoms with Crippen molar-refractivity contribution in [1.29, 1.82) is 0 Å². The van der Waals surface area contributed by atoms with Gasteiger partial charge in [-0.1, -0.05) is 0 Å². The normalized spacial score (nSPS) is 18.7. The van der Waals surface area contributed by atoms with Crippen LogP contribution in [0.15, 0.2) is 0 Å². The van der Waals surface area contributed by atoms with Gasteiger partial charge in [0.1, 0.15) is 0 Å². The van der Waals surface area contributed by atoms with Crippen molar-refractivity contribution in [3.05, 3.63) is 0 Å². The lowest BCUT2D eigenvalue weighted by atomic mass is 10.2. The summed E-state index contributed by atoms with van der Waals surface area (Å²) in [5.41, 5.74) is 0. The van der Waals surface area contributed by atoms with Gasteiger partial charge in [0.2, 0.25) is 0 Å². The second-order valence-corrected chi connectivity index (χ2v) is 5.16. The highest BCUT2D eigenvalue weighted by Gasteiger charge is 2.22. The molecule has 1 heterocycles. The van der Waals surface area contributed by atoms with Gasteiger partial charge in [0.05, 0.1) is 18.8 Å². The molecule has 2 N–H and O–H groups in total. The largest absolute Gasteiger partial charge is 0.389 e. The van der Waals surface area contributed by atoms with Gasteiger partial charge in [0.15, 0.2) is 0 Å². The summed E-state index contributed by atoms with van der Waals surface area (Å²) in [5, 5.41) is 12.7. The Labute approximate surface area is 115 Å². The van der Waals surface area contributed by atoms with Crippen LogP contribution < -0.4 is 5.32 Å². The molecule has 0 spiro atoms. The number of hydrogen-bond donors (Lipinski definition) is 2. The molecule has 0 aliphatic carbocycles. The fraction of sp³-hybridized carbons (Fsp3) is 0.923. The van der Waals surface area contributed by atoms with Crippen molar-refractivity contribution in [3.8, 4) is 0 Å². The summed E-state index contributed by atoms with van der Waals surface area (Å²) < 4.78 is 5.39. The van der Waals surface area contributed by atoms with Crippen molar-refractivity contribution in [2.24, 2.45) is 0 Å². The molecule has 1 saturated heterocycles. The number of aliphatic hydroxyl groups is 1. The van der Waals surface area contributed by atoms with Crippen LogP contribution in [0.3, 0.4) is 0 Å². The lowest BCUT2D eigenvalue weighted by molar-refractivity contribution is -0.0128. The van der Waals surface area contributed by atoms with Gasteiger partial charge in [0, 0.05) is 39.3 Å². The molecule has 0 radical (unpaired) electrons. The number of ether oxygens (including phenoxy) is 1. The summed E-state index contributed by atoms with van der Waals surface area (Å²) in [6.45, 7) is 10.5. The second-order valence-electron chi connectivity index (χ2n) is 5.16. The zero-order valence-corrected chi connectivity index (χ0v) is 12.3. The standard InChI is InChI=1S/C13H27N3O3/c1-4-14-13(18)16-7-5-15(6-8-16)9-12(17)10-19-11(2)3/h11-12,17H,4-10H2,1-3H3,(H,14,18). The monoisotopic (exact) mass is 273 g/mol. The van der Waals surface area contributed by atoms with E-state index in [2.05, 4.69) is 10.2 Å². The van der Waals surface area contributed by atoms with E-state index in [1.807, 2.05) is 25.7 Å². The van der Waals surface area contributed by atoms with E-state index >= 15 is 0 Å². The highest BCUT2D eigenvalue weighted by atomic mass is 16.5. The number of rotatable bonds is 6. The first-order valence-electron chi connectivity index (χ1n) is 7.07. The number of piperazine rings is 1. The number of β-amino-alcohol motifs (C(OH)–C–C–N with tert-alkyl or cyclic N) is 1. The van der Waals surface area contributed by atoms with Crippen LogP contribution in [0.1, 0.15) is 20.8 Å². The smallest absolute Gasteiger partial charge is 0.317 e. The molecule has 1 aliphatic heterocycles. The van der Waals surface area contributed by atoms with Crippen molar-refractivity contribution >= 4 is 6.03 Å². The molecule has 0 aromatic heterocycles.